The fourth-order valence-corrected chi connectivity index (χ4v) is 2.18. The lowest BCUT2D eigenvalue weighted by Gasteiger charge is -2.24. The second-order valence-electron chi connectivity index (χ2n) is 4.68. The van der Waals surface area contributed by atoms with Crippen molar-refractivity contribution in [3.63, 3.8) is 0 Å². The molecule has 0 aromatic carbocycles. The molecule has 2 aliphatic rings. The standard InChI is InChI=1S/C13H19N3O2/c1-14-12(17)11(13(18)15(14)2)7-6-10-16-8-4-3-5-9-16/h6-7,10H,3-5,8-9H2,1-2H3/b10-6+. The minimum atomic E-state index is -0.245. The van der Waals surface area contributed by atoms with Crippen LogP contribution in [0.5, 0.6) is 0 Å². The predicted octanol–water partition coefficient (Wildman–Crippen LogP) is 0.758. The third kappa shape index (κ3) is 2.39. The second-order valence-corrected chi connectivity index (χ2v) is 4.68. The Bertz CT molecular complexity index is 386. The Balaban J connectivity index is 2.02. The number of amides is 2. The number of hydrogen-bond acceptors (Lipinski definition) is 3. The van der Waals surface area contributed by atoms with E-state index < -0.39 is 0 Å². The largest absolute Gasteiger partial charge is 0.377 e. The third-order valence-electron chi connectivity index (χ3n) is 3.45. The Kier molecular flexibility index (Phi) is 3.69. The number of piperidine rings is 1. The van der Waals surface area contributed by atoms with Crippen molar-refractivity contribution in [2.45, 2.75) is 19.3 Å². The van der Waals surface area contributed by atoms with Gasteiger partial charge in [-0.25, -0.2) is 0 Å². The van der Waals surface area contributed by atoms with Crippen molar-refractivity contribution >= 4 is 11.8 Å². The number of likely N-dealkylation sites (tertiary alicyclic amines) is 1. The normalized spacial score (nSPS) is 21.4. The molecule has 2 heterocycles. The lowest BCUT2D eigenvalue weighted by molar-refractivity contribution is -0.141. The van der Waals surface area contributed by atoms with Gasteiger partial charge in [-0.05, 0) is 37.6 Å². The van der Waals surface area contributed by atoms with E-state index in [0.29, 0.717) is 0 Å². The van der Waals surface area contributed by atoms with Gasteiger partial charge in [0.1, 0.15) is 5.57 Å². The van der Waals surface area contributed by atoms with E-state index in [-0.39, 0.29) is 17.4 Å². The molecular formula is C13H19N3O2. The number of nitrogens with zero attached hydrogens (tertiary/aromatic N) is 3. The zero-order valence-corrected chi connectivity index (χ0v) is 10.9. The molecule has 2 rings (SSSR count). The minimum Gasteiger partial charge on any atom is -0.377 e. The Morgan fingerprint density at radius 1 is 0.944 bits per heavy atom. The summed E-state index contributed by atoms with van der Waals surface area (Å²) in [6, 6.07) is 0. The molecular weight excluding hydrogens is 230 g/mol. The highest BCUT2D eigenvalue weighted by molar-refractivity contribution is 6.22. The predicted molar refractivity (Wildman–Crippen MR) is 68.2 cm³/mol. The van der Waals surface area contributed by atoms with E-state index in [9.17, 15) is 9.59 Å². The monoisotopic (exact) mass is 249 g/mol. The summed E-state index contributed by atoms with van der Waals surface area (Å²) in [6.45, 7) is 2.11. The highest BCUT2D eigenvalue weighted by atomic mass is 16.2. The first-order chi connectivity index (χ1) is 8.61. The van der Waals surface area contributed by atoms with E-state index in [2.05, 4.69) is 4.90 Å². The van der Waals surface area contributed by atoms with E-state index in [1.54, 1.807) is 26.2 Å². The molecule has 98 valence electrons. The van der Waals surface area contributed by atoms with Gasteiger partial charge < -0.3 is 4.90 Å². The molecule has 5 nitrogen and oxygen atoms in total. The third-order valence-corrected chi connectivity index (χ3v) is 3.45. The van der Waals surface area contributed by atoms with E-state index in [1.165, 1.54) is 29.3 Å². The quantitative estimate of drug-likeness (QED) is 0.536. The van der Waals surface area contributed by atoms with Crippen molar-refractivity contribution in [1.82, 2.24) is 14.9 Å². The molecule has 0 aromatic heterocycles. The van der Waals surface area contributed by atoms with Crippen molar-refractivity contribution in [3.05, 3.63) is 23.9 Å². The number of hydrogen-bond donors (Lipinski definition) is 0. The van der Waals surface area contributed by atoms with Crippen LogP contribution in [-0.2, 0) is 9.59 Å². The van der Waals surface area contributed by atoms with Crippen molar-refractivity contribution < 1.29 is 9.59 Å². The first-order valence-corrected chi connectivity index (χ1v) is 6.30. The highest BCUT2D eigenvalue weighted by Crippen LogP contribution is 2.16. The average Bonchev–Trinajstić information content (AvgIpc) is 2.57. The van der Waals surface area contributed by atoms with Crippen molar-refractivity contribution in [1.29, 1.82) is 0 Å². The number of carbonyl (C=O) groups excluding carboxylic acids is 2. The van der Waals surface area contributed by atoms with Crippen LogP contribution in [0.1, 0.15) is 19.3 Å². The molecule has 2 saturated heterocycles. The van der Waals surface area contributed by atoms with Crippen molar-refractivity contribution in [2.75, 3.05) is 27.2 Å². The van der Waals surface area contributed by atoms with Crippen LogP contribution in [0.2, 0.25) is 0 Å². The number of allylic oxidation sites excluding steroid dienone is 2. The molecule has 0 aromatic rings. The van der Waals surface area contributed by atoms with Crippen molar-refractivity contribution in [3.8, 4) is 0 Å². The van der Waals surface area contributed by atoms with Crippen LogP contribution in [0.4, 0.5) is 0 Å². The maximum atomic E-state index is 11.8. The lowest BCUT2D eigenvalue weighted by Crippen LogP contribution is -2.33. The molecule has 0 aliphatic carbocycles. The summed E-state index contributed by atoms with van der Waals surface area (Å²) in [5.41, 5.74) is 0.230. The molecule has 0 N–H and O–H groups in total. The van der Waals surface area contributed by atoms with Gasteiger partial charge in [-0.2, -0.15) is 0 Å². The van der Waals surface area contributed by atoms with Gasteiger partial charge in [0.25, 0.3) is 11.8 Å². The Hall–Kier alpha value is -1.78. The number of hydrazine groups is 1. The molecule has 18 heavy (non-hydrogen) atoms. The molecule has 0 saturated carbocycles. The van der Waals surface area contributed by atoms with Crippen molar-refractivity contribution in [2.24, 2.45) is 0 Å². The summed E-state index contributed by atoms with van der Waals surface area (Å²) >= 11 is 0. The van der Waals surface area contributed by atoms with Gasteiger partial charge in [0.05, 0.1) is 0 Å². The van der Waals surface area contributed by atoms with Gasteiger partial charge in [0.2, 0.25) is 0 Å². The van der Waals surface area contributed by atoms with E-state index in [0.717, 1.165) is 13.1 Å². The molecule has 2 amide bonds. The van der Waals surface area contributed by atoms with E-state index in [4.69, 9.17) is 0 Å². The zero-order chi connectivity index (χ0) is 13.1. The maximum absolute atomic E-state index is 11.8. The summed E-state index contributed by atoms with van der Waals surface area (Å²) in [4.78, 5) is 25.7. The summed E-state index contributed by atoms with van der Waals surface area (Å²) in [5.74, 6) is -0.489. The molecule has 0 radical (unpaired) electrons. The Morgan fingerprint density at radius 3 is 2.06 bits per heavy atom. The van der Waals surface area contributed by atoms with Gasteiger partial charge in [-0.3, -0.25) is 19.6 Å². The molecule has 2 fully saturated rings. The van der Waals surface area contributed by atoms with Crippen LogP contribution in [0.25, 0.3) is 0 Å². The van der Waals surface area contributed by atoms with Crippen LogP contribution in [-0.4, -0.2) is 53.9 Å². The summed E-state index contributed by atoms with van der Waals surface area (Å²) < 4.78 is 0. The first kappa shape index (κ1) is 12.7. The highest BCUT2D eigenvalue weighted by Gasteiger charge is 2.35. The van der Waals surface area contributed by atoms with Crippen LogP contribution < -0.4 is 0 Å². The Labute approximate surface area is 107 Å². The molecule has 0 atom stereocenters. The minimum absolute atomic E-state index is 0.230. The molecule has 0 bridgehead atoms. The maximum Gasteiger partial charge on any atom is 0.277 e. The van der Waals surface area contributed by atoms with Crippen LogP contribution >= 0.6 is 0 Å². The fourth-order valence-electron chi connectivity index (χ4n) is 2.18. The smallest absolute Gasteiger partial charge is 0.277 e. The van der Waals surface area contributed by atoms with E-state index >= 15 is 0 Å². The summed E-state index contributed by atoms with van der Waals surface area (Å²) in [5, 5.41) is 2.64. The van der Waals surface area contributed by atoms with Crippen LogP contribution in [0.15, 0.2) is 23.9 Å². The van der Waals surface area contributed by atoms with E-state index in [1.807, 2.05) is 6.20 Å². The zero-order valence-electron chi connectivity index (χ0n) is 10.9. The topological polar surface area (TPSA) is 43.9 Å². The van der Waals surface area contributed by atoms with Crippen LogP contribution in [0, 0.1) is 0 Å². The number of likely N-dealkylation sites (N-methyl/N-ethyl adjacent to an activating group) is 2. The first-order valence-electron chi connectivity index (χ1n) is 6.30. The van der Waals surface area contributed by atoms with Gasteiger partial charge in [0, 0.05) is 27.2 Å². The van der Waals surface area contributed by atoms with Gasteiger partial charge >= 0.3 is 0 Å². The lowest BCUT2D eigenvalue weighted by atomic mass is 10.1. The van der Waals surface area contributed by atoms with Gasteiger partial charge in [-0.1, -0.05) is 0 Å². The van der Waals surface area contributed by atoms with Gasteiger partial charge in [0.15, 0.2) is 0 Å². The Morgan fingerprint density at radius 2 is 1.50 bits per heavy atom. The molecule has 0 spiro atoms. The second kappa shape index (κ2) is 5.25. The van der Waals surface area contributed by atoms with Crippen LogP contribution in [0.3, 0.4) is 0 Å². The molecule has 5 heteroatoms. The molecule has 0 unspecified atom stereocenters. The summed E-state index contributed by atoms with van der Waals surface area (Å²) in [7, 11) is 3.19. The molecule has 2 aliphatic heterocycles. The summed E-state index contributed by atoms with van der Waals surface area (Å²) in [6.07, 6.45) is 9.08. The fraction of sp³-hybridized carbons (Fsp3) is 0.538. The number of carbonyl (C=O) groups is 2. The number of rotatable bonds is 2. The SMILES string of the molecule is CN1C(=O)C(=C/C=C/N2CCCCC2)C(=O)N1C. The van der Waals surface area contributed by atoms with Gasteiger partial charge in [-0.15, -0.1) is 0 Å². The average molecular weight is 249 g/mol.